The molecule has 0 atom stereocenters. The lowest BCUT2D eigenvalue weighted by Gasteiger charge is -2.11. The fourth-order valence-corrected chi connectivity index (χ4v) is 2.24. The Morgan fingerprint density at radius 2 is 2.00 bits per heavy atom. The van der Waals surface area contributed by atoms with Crippen LogP contribution in [-0.2, 0) is 16.0 Å². The van der Waals surface area contributed by atoms with Gasteiger partial charge in [-0.1, -0.05) is 6.07 Å². The van der Waals surface area contributed by atoms with E-state index in [1.807, 2.05) is 0 Å². The number of methoxy groups -OCH3 is 1. The lowest BCUT2D eigenvalue weighted by atomic mass is 10.1. The molecule has 1 aromatic heterocycles. The first-order valence-electron chi connectivity index (χ1n) is 8.06. The van der Waals surface area contributed by atoms with Gasteiger partial charge < -0.3 is 20.1 Å². The molecule has 0 radical (unpaired) electrons. The molecule has 3 N–H and O–H groups in total. The fourth-order valence-electron chi connectivity index (χ4n) is 2.24. The van der Waals surface area contributed by atoms with E-state index in [1.165, 1.54) is 25.4 Å². The summed E-state index contributed by atoms with van der Waals surface area (Å²) in [6, 6.07) is 3.88. The second-order valence-corrected chi connectivity index (χ2v) is 5.29. The van der Waals surface area contributed by atoms with Gasteiger partial charge in [0.25, 0.3) is 0 Å². The Morgan fingerprint density at radius 1 is 1.19 bits per heavy atom. The second kappa shape index (κ2) is 9.52. The Kier molecular flexibility index (Phi) is 7.10. The van der Waals surface area contributed by atoms with E-state index in [1.54, 1.807) is 13.0 Å². The number of rotatable bonds is 7. The summed E-state index contributed by atoms with van der Waals surface area (Å²) >= 11 is 0. The van der Waals surface area contributed by atoms with Crippen LogP contribution in [0.1, 0.15) is 12.5 Å². The quantitative estimate of drug-likeness (QED) is 0.655. The second-order valence-electron chi connectivity index (χ2n) is 5.29. The largest absolute Gasteiger partial charge is 0.447 e. The van der Waals surface area contributed by atoms with Crippen molar-refractivity contribution in [1.29, 1.82) is 0 Å². The molecule has 0 fully saturated rings. The van der Waals surface area contributed by atoms with Crippen molar-refractivity contribution < 1.29 is 23.5 Å². The van der Waals surface area contributed by atoms with Gasteiger partial charge >= 0.3 is 12.1 Å². The maximum Gasteiger partial charge on any atom is 0.407 e. The molecule has 3 amide bonds. The standard InChI is InChI=1S/C17H21FN4O4/c1-3-19-16(23)22-15-8-12-13(10-20-15)11(4-5-14(12)18)9-21-17(24)26-7-6-25-2/h4-5,8,10H,3,6-7,9H2,1-2H3,(H,21,24)(H2,19,20,22,23). The van der Waals surface area contributed by atoms with E-state index in [-0.39, 0.29) is 19.0 Å². The summed E-state index contributed by atoms with van der Waals surface area (Å²) in [6.45, 7) is 2.84. The predicted octanol–water partition coefficient (Wildman–Crippen LogP) is 2.39. The zero-order valence-corrected chi connectivity index (χ0v) is 14.6. The van der Waals surface area contributed by atoms with Crippen molar-refractivity contribution >= 4 is 28.7 Å². The summed E-state index contributed by atoms with van der Waals surface area (Å²) in [7, 11) is 1.51. The third-order valence-corrected chi connectivity index (χ3v) is 3.46. The van der Waals surface area contributed by atoms with Crippen LogP contribution >= 0.6 is 0 Å². The molecular formula is C17H21FN4O4. The highest BCUT2D eigenvalue weighted by Crippen LogP contribution is 2.23. The molecule has 1 aromatic carbocycles. The molecule has 8 nitrogen and oxygen atoms in total. The molecule has 0 saturated heterocycles. The number of anilines is 1. The molecule has 140 valence electrons. The predicted molar refractivity (Wildman–Crippen MR) is 94.5 cm³/mol. The van der Waals surface area contributed by atoms with Crippen molar-refractivity contribution in [3.05, 3.63) is 35.8 Å². The lowest BCUT2D eigenvalue weighted by Crippen LogP contribution is -2.28. The molecule has 0 bridgehead atoms. The van der Waals surface area contributed by atoms with Crippen LogP contribution in [0.2, 0.25) is 0 Å². The van der Waals surface area contributed by atoms with Crippen LogP contribution < -0.4 is 16.0 Å². The van der Waals surface area contributed by atoms with Gasteiger partial charge in [0.15, 0.2) is 0 Å². The van der Waals surface area contributed by atoms with E-state index in [2.05, 4.69) is 20.9 Å². The smallest absolute Gasteiger partial charge is 0.407 e. The summed E-state index contributed by atoms with van der Waals surface area (Å²) in [6.07, 6.45) is 0.856. The Hall–Kier alpha value is -2.94. The third kappa shape index (κ3) is 5.28. The van der Waals surface area contributed by atoms with Crippen LogP contribution in [0.5, 0.6) is 0 Å². The van der Waals surface area contributed by atoms with Gasteiger partial charge in [0.1, 0.15) is 18.2 Å². The number of alkyl carbamates (subject to hydrolysis) is 1. The van der Waals surface area contributed by atoms with Gasteiger partial charge in [-0.2, -0.15) is 0 Å². The SMILES string of the molecule is CCNC(=O)Nc1cc2c(F)ccc(CNC(=O)OCCOC)c2cn1. The minimum absolute atomic E-state index is 0.142. The van der Waals surface area contributed by atoms with Crippen LogP contribution in [0, 0.1) is 5.82 Å². The maximum atomic E-state index is 14.2. The zero-order chi connectivity index (χ0) is 18.9. The van der Waals surface area contributed by atoms with Crippen LogP contribution in [0.25, 0.3) is 10.8 Å². The Bertz CT molecular complexity index is 785. The molecule has 2 rings (SSSR count). The van der Waals surface area contributed by atoms with Crippen LogP contribution in [0.15, 0.2) is 24.4 Å². The first-order chi connectivity index (χ1) is 12.5. The van der Waals surface area contributed by atoms with Crippen molar-refractivity contribution in [3.63, 3.8) is 0 Å². The highest BCUT2D eigenvalue weighted by atomic mass is 19.1. The monoisotopic (exact) mass is 364 g/mol. The van der Waals surface area contributed by atoms with Crippen LogP contribution in [0.3, 0.4) is 0 Å². The van der Waals surface area contributed by atoms with Crippen molar-refractivity contribution in [3.8, 4) is 0 Å². The number of carbonyl (C=O) groups is 2. The number of urea groups is 1. The van der Waals surface area contributed by atoms with Gasteiger partial charge in [-0.25, -0.2) is 19.0 Å². The number of fused-ring (bicyclic) bond motifs is 1. The number of hydrogen-bond acceptors (Lipinski definition) is 5. The Labute approximate surface area is 150 Å². The normalized spacial score (nSPS) is 10.4. The molecule has 0 aliphatic carbocycles. The number of nitrogens with one attached hydrogen (secondary N) is 3. The van der Waals surface area contributed by atoms with E-state index in [4.69, 9.17) is 9.47 Å². The van der Waals surface area contributed by atoms with Crippen molar-refractivity contribution in [1.82, 2.24) is 15.6 Å². The van der Waals surface area contributed by atoms with Crippen LogP contribution in [-0.4, -0.2) is 44.0 Å². The molecule has 1 heterocycles. The number of nitrogens with zero attached hydrogens (tertiary/aromatic N) is 1. The molecule has 2 aromatic rings. The number of ether oxygens (including phenoxy) is 2. The zero-order valence-electron chi connectivity index (χ0n) is 14.6. The molecular weight excluding hydrogens is 343 g/mol. The molecule has 0 spiro atoms. The van der Waals surface area contributed by atoms with Gasteiger partial charge in [-0.3, -0.25) is 5.32 Å². The number of pyridine rings is 1. The molecule has 9 heteroatoms. The number of carbonyl (C=O) groups excluding carboxylic acids is 2. The average molecular weight is 364 g/mol. The summed E-state index contributed by atoms with van der Waals surface area (Å²) in [4.78, 5) is 27.3. The topological polar surface area (TPSA) is 102 Å². The van der Waals surface area contributed by atoms with Crippen molar-refractivity contribution in [2.24, 2.45) is 0 Å². The fraction of sp³-hybridized carbons (Fsp3) is 0.353. The van der Waals surface area contributed by atoms with Gasteiger partial charge in [-0.15, -0.1) is 0 Å². The van der Waals surface area contributed by atoms with E-state index >= 15 is 0 Å². The highest BCUT2D eigenvalue weighted by Gasteiger charge is 2.11. The van der Waals surface area contributed by atoms with E-state index in [0.29, 0.717) is 29.5 Å². The lowest BCUT2D eigenvalue weighted by molar-refractivity contribution is 0.0983. The molecule has 26 heavy (non-hydrogen) atoms. The van der Waals surface area contributed by atoms with E-state index in [0.717, 1.165) is 0 Å². The summed E-state index contributed by atoms with van der Waals surface area (Å²) in [5.74, 6) is -0.223. The highest BCUT2D eigenvalue weighted by molar-refractivity contribution is 5.93. The number of benzene rings is 1. The van der Waals surface area contributed by atoms with Gasteiger partial charge in [-0.05, 0) is 24.6 Å². The number of hydrogen-bond donors (Lipinski definition) is 3. The molecule has 0 unspecified atom stereocenters. The van der Waals surface area contributed by atoms with Crippen molar-refractivity contribution in [2.45, 2.75) is 13.5 Å². The van der Waals surface area contributed by atoms with Gasteiger partial charge in [0.2, 0.25) is 0 Å². The number of amides is 3. The first-order valence-corrected chi connectivity index (χ1v) is 8.06. The van der Waals surface area contributed by atoms with Gasteiger partial charge in [0, 0.05) is 37.2 Å². The molecule has 0 saturated carbocycles. The maximum absolute atomic E-state index is 14.2. The summed E-state index contributed by atoms with van der Waals surface area (Å²) in [5.41, 5.74) is 0.669. The third-order valence-electron chi connectivity index (χ3n) is 3.46. The minimum Gasteiger partial charge on any atom is -0.447 e. The van der Waals surface area contributed by atoms with Gasteiger partial charge in [0.05, 0.1) is 6.61 Å². The summed E-state index contributed by atoms with van der Waals surface area (Å²) in [5, 5.41) is 8.51. The minimum atomic E-state index is -0.595. The number of halogens is 1. The van der Waals surface area contributed by atoms with Crippen LogP contribution in [0.4, 0.5) is 19.8 Å². The molecule has 0 aliphatic rings. The first kappa shape index (κ1) is 19.4. The summed E-state index contributed by atoms with van der Waals surface area (Å²) < 4.78 is 23.9. The van der Waals surface area contributed by atoms with E-state index in [9.17, 15) is 14.0 Å². The Morgan fingerprint density at radius 3 is 2.73 bits per heavy atom. The Balaban J connectivity index is 2.12. The molecule has 0 aliphatic heterocycles. The van der Waals surface area contributed by atoms with Crippen molar-refractivity contribution in [2.75, 3.05) is 32.2 Å². The average Bonchev–Trinajstić information content (AvgIpc) is 2.62. The number of aromatic nitrogens is 1. The van der Waals surface area contributed by atoms with E-state index < -0.39 is 17.9 Å².